The summed E-state index contributed by atoms with van der Waals surface area (Å²) in [5, 5.41) is 3.03. The molecule has 0 saturated heterocycles. The van der Waals surface area contributed by atoms with Crippen molar-refractivity contribution >= 4 is 11.6 Å². The minimum absolute atomic E-state index is 0.00935. The lowest BCUT2D eigenvalue weighted by molar-refractivity contribution is -0.118. The average Bonchev–Trinajstić information content (AvgIpc) is 2.54. The van der Waals surface area contributed by atoms with Crippen LogP contribution < -0.4 is 5.32 Å². The lowest BCUT2D eigenvalue weighted by Gasteiger charge is -2.31. The molecule has 1 heterocycles. The van der Waals surface area contributed by atoms with Gasteiger partial charge >= 0.3 is 0 Å². The van der Waals surface area contributed by atoms with E-state index in [9.17, 15) is 4.79 Å². The van der Waals surface area contributed by atoms with E-state index in [1.807, 2.05) is 19.1 Å². The molecule has 1 aromatic rings. The van der Waals surface area contributed by atoms with Gasteiger partial charge in [-0.2, -0.15) is 0 Å². The van der Waals surface area contributed by atoms with Crippen molar-refractivity contribution in [3.05, 3.63) is 29.3 Å². The van der Waals surface area contributed by atoms with Gasteiger partial charge in [-0.05, 0) is 29.4 Å². The zero-order valence-electron chi connectivity index (χ0n) is 11.3. The van der Waals surface area contributed by atoms with Crippen LogP contribution in [0.15, 0.2) is 18.2 Å². The van der Waals surface area contributed by atoms with Gasteiger partial charge in [-0.25, -0.2) is 0 Å². The number of fused-ring (bicyclic) bond motifs is 1. The van der Waals surface area contributed by atoms with Crippen LogP contribution in [-0.4, -0.2) is 5.91 Å². The fraction of sp³-hybridized carbons (Fsp3) is 0.533. The van der Waals surface area contributed by atoms with Gasteiger partial charge in [0.15, 0.2) is 0 Å². The fourth-order valence-electron chi connectivity index (χ4n) is 2.46. The largest absolute Gasteiger partial charge is 0.325 e. The summed E-state index contributed by atoms with van der Waals surface area (Å²) >= 11 is 0. The van der Waals surface area contributed by atoms with Crippen LogP contribution in [0, 0.1) is 18.3 Å². The highest BCUT2D eigenvalue weighted by Crippen LogP contribution is 2.44. The van der Waals surface area contributed by atoms with Crippen molar-refractivity contribution in [2.45, 2.75) is 40.5 Å². The molecule has 1 aliphatic heterocycles. The Hall–Kier alpha value is -1.31. The maximum Gasteiger partial charge on any atom is 0.232 e. The zero-order valence-corrected chi connectivity index (χ0v) is 11.3. The van der Waals surface area contributed by atoms with E-state index in [4.69, 9.17) is 0 Å². The topological polar surface area (TPSA) is 29.1 Å². The van der Waals surface area contributed by atoms with Gasteiger partial charge in [-0.15, -0.1) is 0 Å². The molecule has 0 radical (unpaired) electrons. The molecule has 0 aromatic heterocycles. The van der Waals surface area contributed by atoms with Crippen molar-refractivity contribution in [2.24, 2.45) is 11.3 Å². The third-order valence-corrected chi connectivity index (χ3v) is 4.04. The summed E-state index contributed by atoms with van der Waals surface area (Å²) in [7, 11) is 0. The van der Waals surface area contributed by atoms with E-state index in [0.29, 0.717) is 5.92 Å². The second-order valence-electron chi connectivity index (χ2n) is 6.16. The molecule has 2 atom stereocenters. The number of rotatable bonds is 1. The third kappa shape index (κ3) is 1.97. The van der Waals surface area contributed by atoms with Crippen molar-refractivity contribution < 1.29 is 4.79 Å². The highest BCUT2D eigenvalue weighted by molar-refractivity contribution is 6.03. The molecule has 2 unspecified atom stereocenters. The van der Waals surface area contributed by atoms with Crippen molar-refractivity contribution in [1.29, 1.82) is 0 Å². The predicted molar refractivity (Wildman–Crippen MR) is 71.2 cm³/mol. The number of amides is 1. The molecule has 2 rings (SSSR count). The maximum atomic E-state index is 12.2. The Balaban J connectivity index is 2.46. The van der Waals surface area contributed by atoms with E-state index in [2.05, 4.69) is 39.1 Å². The van der Waals surface area contributed by atoms with Crippen molar-refractivity contribution in [3.8, 4) is 0 Å². The first-order valence-corrected chi connectivity index (χ1v) is 6.22. The number of carbonyl (C=O) groups is 1. The van der Waals surface area contributed by atoms with Crippen LogP contribution in [0.1, 0.15) is 44.7 Å². The zero-order chi connectivity index (χ0) is 12.8. The molecule has 0 fully saturated rings. The van der Waals surface area contributed by atoms with E-state index in [0.717, 1.165) is 16.8 Å². The molecule has 0 aliphatic carbocycles. The Morgan fingerprint density at radius 2 is 1.94 bits per heavy atom. The Labute approximate surface area is 103 Å². The minimum atomic E-state index is -0.00935. The highest BCUT2D eigenvalue weighted by atomic mass is 16.2. The Morgan fingerprint density at radius 3 is 2.53 bits per heavy atom. The Morgan fingerprint density at radius 1 is 1.29 bits per heavy atom. The lowest BCUT2D eigenvalue weighted by atomic mass is 9.72. The summed E-state index contributed by atoms with van der Waals surface area (Å²) in [6.07, 6.45) is 0. The first kappa shape index (κ1) is 12.2. The monoisotopic (exact) mass is 231 g/mol. The van der Waals surface area contributed by atoms with Gasteiger partial charge in [-0.1, -0.05) is 45.9 Å². The van der Waals surface area contributed by atoms with Gasteiger partial charge < -0.3 is 5.32 Å². The molecule has 1 aliphatic rings. The number of hydrogen-bond acceptors (Lipinski definition) is 1. The second-order valence-corrected chi connectivity index (χ2v) is 6.16. The molecule has 17 heavy (non-hydrogen) atoms. The molecule has 1 aromatic carbocycles. The third-order valence-electron chi connectivity index (χ3n) is 4.04. The number of nitrogens with one attached hydrogen (secondary N) is 1. The standard InChI is InChI=1S/C15H21NO/c1-9-7-6-8-11-12(10(2)15(3,4)5)14(17)16-13(9)11/h6-8,10,12H,1-5H3,(H,16,17). The summed E-state index contributed by atoms with van der Waals surface area (Å²) in [6, 6.07) is 6.16. The summed E-state index contributed by atoms with van der Waals surface area (Å²) in [5.41, 5.74) is 3.48. The van der Waals surface area contributed by atoms with Crippen LogP contribution in [0.25, 0.3) is 0 Å². The maximum absolute atomic E-state index is 12.2. The molecule has 1 amide bonds. The van der Waals surface area contributed by atoms with Crippen LogP contribution in [0.5, 0.6) is 0 Å². The van der Waals surface area contributed by atoms with Crippen LogP contribution in [0.3, 0.4) is 0 Å². The van der Waals surface area contributed by atoms with Crippen LogP contribution in [0.2, 0.25) is 0 Å². The van der Waals surface area contributed by atoms with Crippen molar-refractivity contribution in [2.75, 3.05) is 5.32 Å². The molecule has 92 valence electrons. The van der Waals surface area contributed by atoms with E-state index in [-0.39, 0.29) is 17.2 Å². The van der Waals surface area contributed by atoms with Gasteiger partial charge in [0, 0.05) is 5.69 Å². The Kier molecular flexibility index (Phi) is 2.76. The SMILES string of the molecule is Cc1cccc2c1NC(=O)C2C(C)C(C)(C)C. The number of carbonyl (C=O) groups excluding carboxylic acids is 1. The highest BCUT2D eigenvalue weighted by Gasteiger charge is 2.39. The van der Waals surface area contributed by atoms with Crippen LogP contribution >= 0.6 is 0 Å². The summed E-state index contributed by atoms with van der Waals surface area (Å²) in [5.74, 6) is 0.465. The number of anilines is 1. The molecule has 0 bridgehead atoms. The van der Waals surface area contributed by atoms with E-state index >= 15 is 0 Å². The van der Waals surface area contributed by atoms with Crippen LogP contribution in [-0.2, 0) is 4.79 Å². The van der Waals surface area contributed by atoms with E-state index in [1.54, 1.807) is 0 Å². The smallest absolute Gasteiger partial charge is 0.232 e. The molecule has 0 saturated carbocycles. The molecular weight excluding hydrogens is 210 g/mol. The minimum Gasteiger partial charge on any atom is -0.325 e. The van der Waals surface area contributed by atoms with Gasteiger partial charge in [0.05, 0.1) is 5.92 Å². The van der Waals surface area contributed by atoms with Crippen molar-refractivity contribution in [3.63, 3.8) is 0 Å². The quantitative estimate of drug-likeness (QED) is 0.784. The lowest BCUT2D eigenvalue weighted by Crippen LogP contribution is -2.28. The number of para-hydroxylation sites is 1. The molecular formula is C15H21NO. The average molecular weight is 231 g/mol. The summed E-state index contributed by atoms with van der Waals surface area (Å²) in [6.45, 7) is 10.8. The summed E-state index contributed by atoms with van der Waals surface area (Å²) in [4.78, 5) is 12.2. The van der Waals surface area contributed by atoms with E-state index in [1.165, 1.54) is 0 Å². The molecule has 1 N–H and O–H groups in total. The predicted octanol–water partition coefficient (Wildman–Crippen LogP) is 3.71. The second kappa shape index (κ2) is 3.86. The van der Waals surface area contributed by atoms with E-state index < -0.39 is 0 Å². The molecule has 2 nitrogen and oxygen atoms in total. The number of aryl methyl sites for hydroxylation is 1. The number of benzene rings is 1. The normalized spacial score (nSPS) is 21.0. The Bertz CT molecular complexity index is 456. The van der Waals surface area contributed by atoms with Crippen molar-refractivity contribution in [1.82, 2.24) is 0 Å². The van der Waals surface area contributed by atoms with Crippen LogP contribution in [0.4, 0.5) is 5.69 Å². The summed E-state index contributed by atoms with van der Waals surface area (Å²) < 4.78 is 0. The van der Waals surface area contributed by atoms with Gasteiger partial charge in [-0.3, -0.25) is 4.79 Å². The van der Waals surface area contributed by atoms with Gasteiger partial charge in [0.1, 0.15) is 0 Å². The molecule has 2 heteroatoms. The number of hydrogen-bond donors (Lipinski definition) is 1. The van der Waals surface area contributed by atoms with Gasteiger partial charge in [0.2, 0.25) is 5.91 Å². The molecule has 0 spiro atoms. The first-order chi connectivity index (χ1) is 7.82. The van der Waals surface area contributed by atoms with Gasteiger partial charge in [0.25, 0.3) is 0 Å². The fourth-order valence-corrected chi connectivity index (χ4v) is 2.46. The first-order valence-electron chi connectivity index (χ1n) is 6.22.